The molecule has 108 valence electrons. The summed E-state index contributed by atoms with van der Waals surface area (Å²) < 4.78 is 0. The van der Waals surface area contributed by atoms with E-state index >= 15 is 0 Å². The molecule has 3 rings (SSSR count). The number of benzene rings is 2. The van der Waals surface area contributed by atoms with Crippen molar-refractivity contribution in [3.63, 3.8) is 0 Å². The molecule has 0 spiro atoms. The third-order valence-corrected chi connectivity index (χ3v) is 4.06. The number of nitrogens with one attached hydrogen (secondary N) is 1. The second kappa shape index (κ2) is 5.70. The van der Waals surface area contributed by atoms with Gasteiger partial charge in [0.2, 0.25) is 0 Å². The molecule has 0 amide bonds. The van der Waals surface area contributed by atoms with Crippen LogP contribution in [0.3, 0.4) is 0 Å². The summed E-state index contributed by atoms with van der Waals surface area (Å²) in [6, 6.07) is 18.5. The first-order chi connectivity index (χ1) is 10.2. The van der Waals surface area contributed by atoms with Crippen LogP contribution in [0.25, 0.3) is 0 Å². The third-order valence-electron chi connectivity index (χ3n) is 4.06. The van der Waals surface area contributed by atoms with E-state index < -0.39 is 5.41 Å². The SMILES string of the molecule is Cc1ccc(CC2(Cc3ccccc3)CNOC2=O)cc1. The van der Waals surface area contributed by atoms with E-state index in [0.717, 1.165) is 11.1 Å². The molecular weight excluding hydrogens is 262 g/mol. The smallest absolute Gasteiger partial charge is 0.332 e. The fourth-order valence-corrected chi connectivity index (χ4v) is 2.84. The normalized spacial score (nSPS) is 21.3. The Morgan fingerprint density at radius 2 is 1.62 bits per heavy atom. The van der Waals surface area contributed by atoms with Gasteiger partial charge in [0.15, 0.2) is 0 Å². The van der Waals surface area contributed by atoms with Crippen LogP contribution in [0.2, 0.25) is 0 Å². The van der Waals surface area contributed by atoms with Crippen molar-refractivity contribution in [3.8, 4) is 0 Å². The summed E-state index contributed by atoms with van der Waals surface area (Å²) in [6.45, 7) is 2.61. The number of aryl methyl sites for hydroxylation is 1. The van der Waals surface area contributed by atoms with E-state index in [1.807, 2.05) is 18.2 Å². The van der Waals surface area contributed by atoms with E-state index in [0.29, 0.717) is 19.4 Å². The predicted octanol–water partition coefficient (Wildman–Crippen LogP) is 2.83. The van der Waals surface area contributed by atoms with E-state index in [4.69, 9.17) is 4.84 Å². The van der Waals surface area contributed by atoms with Crippen LogP contribution in [0.1, 0.15) is 16.7 Å². The molecule has 0 bridgehead atoms. The summed E-state index contributed by atoms with van der Waals surface area (Å²) in [7, 11) is 0. The van der Waals surface area contributed by atoms with Crippen LogP contribution >= 0.6 is 0 Å². The van der Waals surface area contributed by atoms with Gasteiger partial charge in [-0.2, -0.15) is 5.48 Å². The molecule has 2 aromatic rings. The minimum absolute atomic E-state index is 0.160. The molecule has 1 unspecified atom stereocenters. The maximum absolute atomic E-state index is 12.3. The Bertz CT molecular complexity index is 621. The number of hydroxylamine groups is 1. The largest absolute Gasteiger partial charge is 0.370 e. The highest BCUT2D eigenvalue weighted by atomic mass is 16.7. The van der Waals surface area contributed by atoms with Crippen molar-refractivity contribution in [3.05, 3.63) is 71.3 Å². The first kappa shape index (κ1) is 13.8. The van der Waals surface area contributed by atoms with Crippen LogP contribution in [0.4, 0.5) is 0 Å². The van der Waals surface area contributed by atoms with Gasteiger partial charge in [-0.25, -0.2) is 4.79 Å². The molecule has 3 nitrogen and oxygen atoms in total. The molecule has 0 saturated carbocycles. The Hall–Kier alpha value is -2.13. The molecule has 1 saturated heterocycles. The Morgan fingerprint density at radius 3 is 2.19 bits per heavy atom. The lowest BCUT2D eigenvalue weighted by atomic mass is 9.77. The van der Waals surface area contributed by atoms with Crippen molar-refractivity contribution in [2.75, 3.05) is 6.54 Å². The molecule has 1 atom stereocenters. The second-order valence-corrected chi connectivity index (χ2v) is 5.82. The fourth-order valence-electron chi connectivity index (χ4n) is 2.84. The Morgan fingerprint density at radius 1 is 1.00 bits per heavy atom. The predicted molar refractivity (Wildman–Crippen MR) is 81.6 cm³/mol. The van der Waals surface area contributed by atoms with E-state index in [1.165, 1.54) is 5.56 Å². The highest BCUT2D eigenvalue weighted by Crippen LogP contribution is 2.32. The number of hydrogen-bond acceptors (Lipinski definition) is 3. The van der Waals surface area contributed by atoms with E-state index in [-0.39, 0.29) is 5.97 Å². The van der Waals surface area contributed by atoms with Gasteiger partial charge in [-0.05, 0) is 30.9 Å². The summed E-state index contributed by atoms with van der Waals surface area (Å²) in [5.74, 6) is -0.160. The zero-order valence-corrected chi connectivity index (χ0v) is 12.1. The van der Waals surface area contributed by atoms with Crippen LogP contribution in [0.15, 0.2) is 54.6 Å². The van der Waals surface area contributed by atoms with Crippen LogP contribution < -0.4 is 5.48 Å². The topological polar surface area (TPSA) is 38.3 Å². The fraction of sp³-hybridized carbons (Fsp3) is 0.278. The second-order valence-electron chi connectivity index (χ2n) is 5.82. The molecule has 2 aromatic carbocycles. The maximum atomic E-state index is 12.3. The molecule has 21 heavy (non-hydrogen) atoms. The number of rotatable bonds is 4. The molecule has 0 aliphatic carbocycles. The summed E-state index contributed by atoms with van der Waals surface area (Å²) in [4.78, 5) is 17.3. The summed E-state index contributed by atoms with van der Waals surface area (Å²) in [5.41, 5.74) is 5.79. The lowest BCUT2D eigenvalue weighted by Gasteiger charge is -2.24. The average molecular weight is 281 g/mol. The van der Waals surface area contributed by atoms with E-state index in [1.54, 1.807) is 0 Å². The molecule has 3 heteroatoms. The first-order valence-corrected chi connectivity index (χ1v) is 7.22. The van der Waals surface area contributed by atoms with Gasteiger partial charge >= 0.3 is 5.97 Å². The quantitative estimate of drug-likeness (QED) is 0.936. The van der Waals surface area contributed by atoms with Gasteiger partial charge in [-0.3, -0.25) is 0 Å². The van der Waals surface area contributed by atoms with E-state index in [2.05, 4.69) is 48.8 Å². The minimum Gasteiger partial charge on any atom is -0.370 e. The lowest BCUT2D eigenvalue weighted by Crippen LogP contribution is -2.35. The molecular formula is C18H19NO2. The first-order valence-electron chi connectivity index (χ1n) is 7.22. The Labute approximate surface area is 124 Å². The molecule has 0 aromatic heterocycles. The Kier molecular flexibility index (Phi) is 3.76. The van der Waals surface area contributed by atoms with Gasteiger partial charge in [0, 0.05) is 6.54 Å². The van der Waals surface area contributed by atoms with Gasteiger partial charge in [0.25, 0.3) is 0 Å². The van der Waals surface area contributed by atoms with Gasteiger partial charge < -0.3 is 4.84 Å². The van der Waals surface area contributed by atoms with Crippen molar-refractivity contribution in [2.24, 2.45) is 5.41 Å². The minimum atomic E-state index is -0.517. The molecule has 1 aliphatic rings. The summed E-state index contributed by atoms with van der Waals surface area (Å²) in [5, 5.41) is 0. The molecule has 1 aliphatic heterocycles. The van der Waals surface area contributed by atoms with Gasteiger partial charge in [-0.1, -0.05) is 60.2 Å². The zero-order chi connectivity index (χ0) is 14.7. The third kappa shape index (κ3) is 2.98. The van der Waals surface area contributed by atoms with Gasteiger partial charge in [0.1, 0.15) is 0 Å². The van der Waals surface area contributed by atoms with Crippen molar-refractivity contribution in [1.29, 1.82) is 0 Å². The standard InChI is InChI=1S/C18H19NO2/c1-14-7-9-16(10-8-14)12-18(13-19-21-17(18)20)11-15-5-3-2-4-6-15/h2-10,19H,11-13H2,1H3. The van der Waals surface area contributed by atoms with Crippen molar-refractivity contribution < 1.29 is 9.63 Å². The molecule has 1 fully saturated rings. The van der Waals surface area contributed by atoms with Crippen LogP contribution in [0.5, 0.6) is 0 Å². The van der Waals surface area contributed by atoms with Crippen LogP contribution in [-0.2, 0) is 22.5 Å². The molecule has 1 N–H and O–H groups in total. The maximum Gasteiger partial charge on any atom is 0.332 e. The summed E-state index contributed by atoms with van der Waals surface area (Å²) >= 11 is 0. The Balaban J connectivity index is 1.87. The van der Waals surface area contributed by atoms with Crippen molar-refractivity contribution in [2.45, 2.75) is 19.8 Å². The van der Waals surface area contributed by atoms with Crippen LogP contribution in [0, 0.1) is 12.3 Å². The monoisotopic (exact) mass is 281 g/mol. The number of carbonyl (C=O) groups is 1. The highest BCUT2D eigenvalue weighted by molar-refractivity contribution is 5.79. The average Bonchev–Trinajstić information content (AvgIpc) is 2.83. The summed E-state index contributed by atoms with van der Waals surface area (Å²) in [6.07, 6.45) is 1.38. The van der Waals surface area contributed by atoms with Crippen molar-refractivity contribution in [1.82, 2.24) is 5.48 Å². The van der Waals surface area contributed by atoms with E-state index in [9.17, 15) is 4.79 Å². The van der Waals surface area contributed by atoms with Gasteiger partial charge in [-0.15, -0.1) is 0 Å². The van der Waals surface area contributed by atoms with Crippen LogP contribution in [-0.4, -0.2) is 12.5 Å². The molecule has 0 radical (unpaired) electrons. The number of hydrogen-bond donors (Lipinski definition) is 1. The number of carbonyl (C=O) groups excluding carboxylic acids is 1. The highest BCUT2D eigenvalue weighted by Gasteiger charge is 2.45. The van der Waals surface area contributed by atoms with Crippen molar-refractivity contribution >= 4 is 5.97 Å². The lowest BCUT2D eigenvalue weighted by molar-refractivity contribution is -0.150. The zero-order valence-electron chi connectivity index (χ0n) is 12.1. The van der Waals surface area contributed by atoms with Gasteiger partial charge in [0.05, 0.1) is 5.41 Å². The molecule has 1 heterocycles.